The van der Waals surface area contributed by atoms with E-state index < -0.39 is 0 Å². The maximum atomic E-state index is 10.0. The number of hydrazone groups is 1. The summed E-state index contributed by atoms with van der Waals surface area (Å²) in [6.07, 6.45) is 3.13. The maximum absolute atomic E-state index is 10.0. The lowest BCUT2D eigenvalue weighted by atomic mass is 10.2. The van der Waals surface area contributed by atoms with Crippen LogP contribution in [0.15, 0.2) is 72.0 Å². The van der Waals surface area contributed by atoms with Gasteiger partial charge in [-0.05, 0) is 42.5 Å². The molecule has 3 aromatic heterocycles. The minimum Gasteiger partial charge on any atom is -0.507 e. The normalized spacial score (nSPS) is 11.3. The Morgan fingerprint density at radius 2 is 1.91 bits per heavy atom. The van der Waals surface area contributed by atoms with E-state index in [0.717, 1.165) is 0 Å². The molecule has 158 valence electrons. The summed E-state index contributed by atoms with van der Waals surface area (Å²) < 4.78 is 12.4. The number of rotatable bonds is 6. The van der Waals surface area contributed by atoms with Gasteiger partial charge < -0.3 is 14.6 Å². The number of fused-ring (bicyclic) bond motifs is 3. The number of pyridine rings is 1. The summed E-state index contributed by atoms with van der Waals surface area (Å²) in [6.45, 7) is 0. The first-order valence-corrected chi connectivity index (χ1v) is 9.62. The summed E-state index contributed by atoms with van der Waals surface area (Å²) in [4.78, 5) is 13.3. The molecule has 0 fully saturated rings. The zero-order valence-corrected chi connectivity index (χ0v) is 16.9. The highest BCUT2D eigenvalue weighted by molar-refractivity contribution is 5.89. The van der Waals surface area contributed by atoms with Crippen molar-refractivity contribution in [3.05, 3.63) is 72.4 Å². The van der Waals surface area contributed by atoms with Gasteiger partial charge in [0.1, 0.15) is 17.2 Å². The number of aromatic hydroxyl groups is 1. The van der Waals surface area contributed by atoms with E-state index >= 15 is 0 Å². The molecule has 0 atom stereocenters. The number of hydrogen-bond acceptors (Lipinski definition) is 9. The molecular formula is C22H17N7O3. The summed E-state index contributed by atoms with van der Waals surface area (Å²) in [5, 5.41) is 19.3. The highest BCUT2D eigenvalue weighted by atomic mass is 16.5. The van der Waals surface area contributed by atoms with Crippen LogP contribution in [-0.2, 0) is 0 Å². The predicted octanol–water partition coefficient (Wildman–Crippen LogP) is 3.63. The second kappa shape index (κ2) is 8.19. The van der Waals surface area contributed by atoms with Gasteiger partial charge in [0.25, 0.3) is 5.78 Å². The SMILES string of the molecule is COc1ccc(O)c(/C=N/Nc2nc3nc(Oc4ccccc4)nn3c3ncccc23)c1. The van der Waals surface area contributed by atoms with E-state index in [1.165, 1.54) is 16.8 Å². The first-order valence-electron chi connectivity index (χ1n) is 9.62. The molecule has 10 nitrogen and oxygen atoms in total. The van der Waals surface area contributed by atoms with Crippen molar-refractivity contribution in [2.75, 3.05) is 12.5 Å². The minimum absolute atomic E-state index is 0.0754. The molecular weight excluding hydrogens is 410 g/mol. The van der Waals surface area contributed by atoms with Crippen LogP contribution < -0.4 is 14.9 Å². The molecule has 0 amide bonds. The van der Waals surface area contributed by atoms with Crippen molar-refractivity contribution in [1.29, 1.82) is 0 Å². The van der Waals surface area contributed by atoms with Crippen LogP contribution in [0.2, 0.25) is 0 Å². The number of benzene rings is 2. The van der Waals surface area contributed by atoms with E-state index in [1.54, 1.807) is 31.5 Å². The highest BCUT2D eigenvalue weighted by Gasteiger charge is 2.14. The topological polar surface area (TPSA) is 119 Å². The third kappa shape index (κ3) is 3.72. The summed E-state index contributed by atoms with van der Waals surface area (Å²) in [6, 6.07) is 17.9. The lowest BCUT2D eigenvalue weighted by Gasteiger charge is -2.06. The van der Waals surface area contributed by atoms with Gasteiger partial charge in [-0.1, -0.05) is 18.2 Å². The number of nitrogens with one attached hydrogen (secondary N) is 1. The first-order chi connectivity index (χ1) is 15.7. The number of methoxy groups -OCH3 is 1. The molecule has 0 saturated heterocycles. The zero-order chi connectivity index (χ0) is 21.9. The van der Waals surface area contributed by atoms with E-state index in [1.807, 2.05) is 36.4 Å². The van der Waals surface area contributed by atoms with Crippen LogP contribution in [-0.4, -0.2) is 43.0 Å². The molecule has 0 bridgehead atoms. The van der Waals surface area contributed by atoms with Gasteiger partial charge in [-0.2, -0.15) is 19.6 Å². The molecule has 0 aliphatic heterocycles. The van der Waals surface area contributed by atoms with Crippen LogP contribution in [0.3, 0.4) is 0 Å². The minimum atomic E-state index is 0.0754. The number of phenols is 1. The molecule has 0 saturated carbocycles. The van der Waals surface area contributed by atoms with Crippen molar-refractivity contribution in [2.24, 2.45) is 5.10 Å². The molecule has 2 N–H and O–H groups in total. The Morgan fingerprint density at radius 1 is 1.03 bits per heavy atom. The predicted molar refractivity (Wildman–Crippen MR) is 118 cm³/mol. The van der Waals surface area contributed by atoms with Gasteiger partial charge in [-0.15, -0.1) is 5.10 Å². The molecule has 0 radical (unpaired) electrons. The van der Waals surface area contributed by atoms with Crippen molar-refractivity contribution >= 4 is 28.8 Å². The van der Waals surface area contributed by atoms with Crippen molar-refractivity contribution < 1.29 is 14.6 Å². The Kier molecular flexibility index (Phi) is 4.92. The van der Waals surface area contributed by atoms with E-state index in [-0.39, 0.29) is 11.8 Å². The molecule has 10 heteroatoms. The fourth-order valence-corrected chi connectivity index (χ4v) is 3.06. The van der Waals surface area contributed by atoms with Crippen LogP contribution in [0.5, 0.6) is 23.3 Å². The molecule has 0 unspecified atom stereocenters. The highest BCUT2D eigenvalue weighted by Crippen LogP contribution is 2.24. The van der Waals surface area contributed by atoms with Crippen LogP contribution in [0.1, 0.15) is 5.56 Å². The van der Waals surface area contributed by atoms with Gasteiger partial charge in [0.15, 0.2) is 11.5 Å². The number of anilines is 1. The molecule has 5 aromatic rings. The Hall–Kier alpha value is -4.73. The fraction of sp³-hybridized carbons (Fsp3) is 0.0455. The third-order valence-corrected chi connectivity index (χ3v) is 4.59. The van der Waals surface area contributed by atoms with Crippen LogP contribution in [0.25, 0.3) is 16.8 Å². The van der Waals surface area contributed by atoms with E-state index in [4.69, 9.17) is 9.47 Å². The van der Waals surface area contributed by atoms with Crippen LogP contribution >= 0.6 is 0 Å². The summed E-state index contributed by atoms with van der Waals surface area (Å²) in [5.41, 5.74) is 3.92. The monoisotopic (exact) mass is 427 g/mol. The number of phenolic OH excluding ortho intramolecular Hbond substituents is 1. The standard InChI is InChI=1S/C22H17N7O3/c1-31-16-9-10-18(30)14(12-16)13-24-27-19-17-8-5-11-23-20(17)29-21(25-19)26-22(28-29)32-15-6-3-2-4-7-15/h2-13,30H,1H3,(H,25,26,27,28)/b24-13+. The summed E-state index contributed by atoms with van der Waals surface area (Å²) >= 11 is 0. The summed E-state index contributed by atoms with van der Waals surface area (Å²) in [5.74, 6) is 2.02. The quantitative estimate of drug-likeness (QED) is 0.311. The second-order valence-corrected chi connectivity index (χ2v) is 6.65. The van der Waals surface area contributed by atoms with Crippen molar-refractivity contribution in [1.82, 2.24) is 24.6 Å². The molecule has 0 aliphatic rings. The van der Waals surface area contributed by atoms with Gasteiger partial charge in [0.2, 0.25) is 0 Å². The van der Waals surface area contributed by atoms with Gasteiger partial charge in [-0.25, -0.2) is 4.98 Å². The average molecular weight is 427 g/mol. The number of ether oxygens (including phenoxy) is 2. The number of nitrogens with zero attached hydrogens (tertiary/aromatic N) is 6. The molecule has 5 rings (SSSR count). The lowest BCUT2D eigenvalue weighted by Crippen LogP contribution is -2.02. The zero-order valence-electron chi connectivity index (χ0n) is 16.9. The summed E-state index contributed by atoms with van der Waals surface area (Å²) in [7, 11) is 1.55. The van der Waals surface area contributed by atoms with E-state index in [2.05, 4.69) is 30.6 Å². The molecule has 0 aliphatic carbocycles. The van der Waals surface area contributed by atoms with Gasteiger partial charge in [-0.3, -0.25) is 5.43 Å². The smallest absolute Gasteiger partial charge is 0.343 e. The van der Waals surface area contributed by atoms with Gasteiger partial charge in [0, 0.05) is 11.8 Å². The van der Waals surface area contributed by atoms with Gasteiger partial charge >= 0.3 is 6.01 Å². The Balaban J connectivity index is 1.50. The number of hydrogen-bond donors (Lipinski definition) is 2. The van der Waals surface area contributed by atoms with Gasteiger partial charge in [0.05, 0.1) is 18.7 Å². The molecule has 0 spiro atoms. The number of aromatic nitrogens is 5. The Morgan fingerprint density at radius 3 is 2.75 bits per heavy atom. The van der Waals surface area contributed by atoms with E-state index in [9.17, 15) is 5.11 Å². The number of para-hydroxylation sites is 1. The molecule has 2 aromatic carbocycles. The Labute approximate surface area is 181 Å². The van der Waals surface area contributed by atoms with Crippen molar-refractivity contribution in [3.8, 4) is 23.3 Å². The second-order valence-electron chi connectivity index (χ2n) is 6.65. The Bertz CT molecular complexity index is 1430. The van der Waals surface area contributed by atoms with Crippen LogP contribution in [0.4, 0.5) is 5.82 Å². The maximum Gasteiger partial charge on any atom is 0.343 e. The average Bonchev–Trinajstić information content (AvgIpc) is 3.23. The first kappa shape index (κ1) is 19.2. The fourth-order valence-electron chi connectivity index (χ4n) is 3.06. The van der Waals surface area contributed by atoms with Crippen molar-refractivity contribution in [3.63, 3.8) is 0 Å². The van der Waals surface area contributed by atoms with Crippen molar-refractivity contribution in [2.45, 2.75) is 0 Å². The lowest BCUT2D eigenvalue weighted by molar-refractivity contribution is 0.412. The van der Waals surface area contributed by atoms with E-state index in [0.29, 0.717) is 39.7 Å². The molecule has 3 heterocycles. The molecule has 32 heavy (non-hydrogen) atoms. The largest absolute Gasteiger partial charge is 0.507 e. The third-order valence-electron chi connectivity index (χ3n) is 4.59. The van der Waals surface area contributed by atoms with Crippen LogP contribution in [0, 0.1) is 0 Å².